The molecule has 158 valence electrons. The lowest BCUT2D eigenvalue weighted by molar-refractivity contribution is -0.143. The minimum absolute atomic E-state index is 0. The Morgan fingerprint density at radius 1 is 1.23 bits per heavy atom. The fraction of sp³-hybridized carbons (Fsp3) is 0.941. The van der Waals surface area contributed by atoms with E-state index in [1.807, 2.05) is 6.92 Å². The Bertz CT molecular complexity index is 368. The van der Waals surface area contributed by atoms with E-state index in [1.54, 1.807) is 0 Å². The van der Waals surface area contributed by atoms with Crippen LogP contribution >= 0.6 is 24.0 Å². The predicted molar refractivity (Wildman–Crippen MR) is 112 cm³/mol. The molecule has 5 nitrogen and oxygen atoms in total. The molecule has 0 rings (SSSR count). The van der Waals surface area contributed by atoms with Gasteiger partial charge in [-0.25, -0.2) is 0 Å². The van der Waals surface area contributed by atoms with Gasteiger partial charge in [0.25, 0.3) is 0 Å². The van der Waals surface area contributed by atoms with E-state index in [-0.39, 0.29) is 30.6 Å². The third-order valence-corrected chi connectivity index (χ3v) is 3.65. The van der Waals surface area contributed by atoms with Gasteiger partial charge in [-0.3, -0.25) is 9.89 Å². The molecule has 0 aliphatic rings. The summed E-state index contributed by atoms with van der Waals surface area (Å²) in [6.07, 6.45) is -1.82. The Balaban J connectivity index is 0. The number of nitrogens with one attached hydrogen (secondary N) is 2. The number of rotatable bonds is 12. The summed E-state index contributed by atoms with van der Waals surface area (Å²) < 4.78 is 36.8. The first-order valence-corrected chi connectivity index (χ1v) is 9.06. The molecule has 1 unspecified atom stereocenters. The van der Waals surface area contributed by atoms with Gasteiger partial charge in [-0.05, 0) is 51.6 Å². The maximum absolute atomic E-state index is 12.3. The summed E-state index contributed by atoms with van der Waals surface area (Å²) >= 11 is 0. The van der Waals surface area contributed by atoms with Crippen molar-refractivity contribution in [3.8, 4) is 0 Å². The van der Waals surface area contributed by atoms with E-state index >= 15 is 0 Å². The maximum Gasteiger partial charge on any atom is 0.401 e. The van der Waals surface area contributed by atoms with E-state index in [1.165, 1.54) is 11.9 Å². The molecule has 0 radical (unpaired) electrons. The normalized spacial score (nSPS) is 13.7. The van der Waals surface area contributed by atoms with Crippen LogP contribution in [0.3, 0.4) is 0 Å². The summed E-state index contributed by atoms with van der Waals surface area (Å²) in [6.45, 7) is 7.80. The molecule has 0 aliphatic heterocycles. The summed E-state index contributed by atoms with van der Waals surface area (Å²) in [6, 6.07) is 0. The van der Waals surface area contributed by atoms with Crippen molar-refractivity contribution >= 4 is 29.9 Å². The highest BCUT2D eigenvalue weighted by Gasteiger charge is 2.28. The number of aliphatic imine (C=N–C) groups is 1. The van der Waals surface area contributed by atoms with Crippen molar-refractivity contribution in [2.45, 2.75) is 46.2 Å². The van der Waals surface area contributed by atoms with Crippen LogP contribution in [0.4, 0.5) is 13.2 Å². The molecular weight excluding hydrogens is 460 g/mol. The molecule has 0 aliphatic carbocycles. The monoisotopic (exact) mass is 496 g/mol. The first-order valence-electron chi connectivity index (χ1n) is 9.06. The molecule has 0 aromatic carbocycles. The molecule has 0 aromatic heterocycles. The third kappa shape index (κ3) is 17.1. The van der Waals surface area contributed by atoms with Gasteiger partial charge in [-0.2, -0.15) is 13.2 Å². The van der Waals surface area contributed by atoms with Crippen molar-refractivity contribution < 1.29 is 18.3 Å². The number of aliphatic hydroxyl groups is 1. The van der Waals surface area contributed by atoms with E-state index in [9.17, 15) is 13.2 Å². The highest BCUT2D eigenvalue weighted by atomic mass is 127. The van der Waals surface area contributed by atoms with Gasteiger partial charge in [-0.15, -0.1) is 24.0 Å². The summed E-state index contributed by atoms with van der Waals surface area (Å²) in [4.78, 5) is 5.82. The van der Waals surface area contributed by atoms with Crippen LogP contribution in [-0.4, -0.2) is 68.5 Å². The second kappa shape index (κ2) is 15.7. The summed E-state index contributed by atoms with van der Waals surface area (Å²) in [7, 11) is 1.47. The third-order valence-electron chi connectivity index (χ3n) is 3.65. The molecule has 0 heterocycles. The van der Waals surface area contributed by atoms with Crippen molar-refractivity contribution in [1.29, 1.82) is 0 Å². The van der Waals surface area contributed by atoms with Gasteiger partial charge in [-0.1, -0.05) is 13.8 Å². The van der Waals surface area contributed by atoms with Gasteiger partial charge in [0.05, 0.1) is 6.54 Å². The standard InChI is InChI=1S/C17H35F3N4O.HI/c1-5-21-16(23-12-15(7-10-25)11-14(2)3)22-8-6-9-24(4)13-17(18,19)20;/h14-15,25H,5-13H2,1-4H3,(H2,21,22,23);1H. The lowest BCUT2D eigenvalue weighted by atomic mass is 9.94. The first kappa shape index (κ1) is 27.9. The molecule has 1 atom stereocenters. The van der Waals surface area contributed by atoms with Crippen LogP contribution in [0.5, 0.6) is 0 Å². The fourth-order valence-electron chi connectivity index (χ4n) is 2.64. The van der Waals surface area contributed by atoms with Gasteiger partial charge in [0.15, 0.2) is 5.96 Å². The lowest BCUT2D eigenvalue weighted by Gasteiger charge is -2.19. The number of guanidine groups is 1. The van der Waals surface area contributed by atoms with Crippen LogP contribution in [0.15, 0.2) is 4.99 Å². The van der Waals surface area contributed by atoms with Crippen LogP contribution in [0.2, 0.25) is 0 Å². The molecule has 9 heteroatoms. The zero-order valence-corrected chi connectivity index (χ0v) is 18.7. The minimum Gasteiger partial charge on any atom is -0.396 e. The van der Waals surface area contributed by atoms with Crippen molar-refractivity contribution in [3.05, 3.63) is 0 Å². The van der Waals surface area contributed by atoms with E-state index in [0.29, 0.717) is 50.4 Å². The van der Waals surface area contributed by atoms with Crippen LogP contribution in [0, 0.1) is 11.8 Å². The van der Waals surface area contributed by atoms with Crippen LogP contribution in [0.1, 0.15) is 40.0 Å². The summed E-state index contributed by atoms with van der Waals surface area (Å²) in [5.41, 5.74) is 0. The quantitative estimate of drug-likeness (QED) is 0.168. The van der Waals surface area contributed by atoms with Crippen LogP contribution < -0.4 is 10.6 Å². The molecule has 0 saturated heterocycles. The second-order valence-electron chi connectivity index (χ2n) is 6.86. The van der Waals surface area contributed by atoms with Crippen molar-refractivity contribution in [3.63, 3.8) is 0 Å². The average Bonchev–Trinajstić information content (AvgIpc) is 2.46. The molecule has 0 fully saturated rings. The Labute approximate surface area is 173 Å². The van der Waals surface area contributed by atoms with Gasteiger partial charge in [0, 0.05) is 26.2 Å². The number of hydrogen-bond donors (Lipinski definition) is 3. The fourth-order valence-corrected chi connectivity index (χ4v) is 2.64. The number of hydrogen-bond acceptors (Lipinski definition) is 3. The van der Waals surface area contributed by atoms with Gasteiger partial charge >= 0.3 is 6.18 Å². The SMILES string of the molecule is CCNC(=NCC(CCO)CC(C)C)NCCCN(C)CC(F)(F)F.I. The molecule has 26 heavy (non-hydrogen) atoms. The smallest absolute Gasteiger partial charge is 0.396 e. The van der Waals surface area contributed by atoms with Crippen molar-refractivity contribution in [2.75, 3.05) is 46.4 Å². The Morgan fingerprint density at radius 2 is 1.88 bits per heavy atom. The zero-order valence-electron chi connectivity index (χ0n) is 16.4. The molecular formula is C17H36F3IN4O. The van der Waals surface area contributed by atoms with Gasteiger partial charge in [0.1, 0.15) is 0 Å². The van der Waals surface area contributed by atoms with Crippen LogP contribution in [0.25, 0.3) is 0 Å². The number of nitrogens with zero attached hydrogens (tertiary/aromatic N) is 2. The summed E-state index contributed by atoms with van der Waals surface area (Å²) in [5.74, 6) is 1.55. The van der Waals surface area contributed by atoms with E-state index in [4.69, 9.17) is 5.11 Å². The van der Waals surface area contributed by atoms with Crippen molar-refractivity contribution in [2.24, 2.45) is 16.8 Å². The Kier molecular flexibility index (Phi) is 16.9. The minimum atomic E-state index is -4.16. The number of halogens is 4. The summed E-state index contributed by atoms with van der Waals surface area (Å²) in [5, 5.41) is 15.5. The predicted octanol–water partition coefficient (Wildman–Crippen LogP) is 3.09. The Hall–Kier alpha value is -0.290. The van der Waals surface area contributed by atoms with E-state index in [0.717, 1.165) is 12.8 Å². The molecule has 0 saturated carbocycles. The number of alkyl halides is 3. The average molecular weight is 496 g/mol. The molecule has 3 N–H and O–H groups in total. The first-order chi connectivity index (χ1) is 11.7. The maximum atomic E-state index is 12.3. The van der Waals surface area contributed by atoms with E-state index in [2.05, 4.69) is 29.5 Å². The molecule has 0 amide bonds. The lowest BCUT2D eigenvalue weighted by Crippen LogP contribution is -2.39. The zero-order chi connectivity index (χ0) is 19.3. The highest BCUT2D eigenvalue weighted by Crippen LogP contribution is 2.16. The molecule has 0 spiro atoms. The Morgan fingerprint density at radius 3 is 2.38 bits per heavy atom. The van der Waals surface area contributed by atoms with E-state index < -0.39 is 12.7 Å². The number of aliphatic hydroxyl groups excluding tert-OH is 1. The van der Waals surface area contributed by atoms with Gasteiger partial charge < -0.3 is 15.7 Å². The molecule has 0 aromatic rings. The molecule has 0 bridgehead atoms. The second-order valence-corrected chi connectivity index (χ2v) is 6.86. The van der Waals surface area contributed by atoms with Crippen LogP contribution in [-0.2, 0) is 0 Å². The highest BCUT2D eigenvalue weighted by molar-refractivity contribution is 14.0. The largest absolute Gasteiger partial charge is 0.401 e. The topological polar surface area (TPSA) is 59.9 Å². The van der Waals surface area contributed by atoms with Gasteiger partial charge in [0.2, 0.25) is 0 Å². The van der Waals surface area contributed by atoms with Crippen molar-refractivity contribution in [1.82, 2.24) is 15.5 Å².